The van der Waals surface area contributed by atoms with Gasteiger partial charge in [0.05, 0.1) is 16.9 Å². The summed E-state index contributed by atoms with van der Waals surface area (Å²) in [5.74, 6) is 0.762. The Morgan fingerprint density at radius 1 is 1.20 bits per heavy atom. The van der Waals surface area contributed by atoms with Gasteiger partial charge >= 0.3 is 0 Å². The fraction of sp³-hybridized carbons (Fsp3) is 0.467. The molecule has 106 valence electrons. The van der Waals surface area contributed by atoms with Gasteiger partial charge in [0.15, 0.2) is 0 Å². The van der Waals surface area contributed by atoms with Crippen molar-refractivity contribution in [1.82, 2.24) is 19.8 Å². The molecular formula is C15H20N4O. The van der Waals surface area contributed by atoms with E-state index in [1.807, 2.05) is 24.3 Å². The lowest BCUT2D eigenvalue weighted by Crippen LogP contribution is -2.45. The Kier molecular flexibility index (Phi) is 3.54. The zero-order chi connectivity index (χ0) is 14.1. The van der Waals surface area contributed by atoms with Gasteiger partial charge in [-0.3, -0.25) is 9.69 Å². The van der Waals surface area contributed by atoms with Crippen molar-refractivity contribution in [2.24, 2.45) is 0 Å². The van der Waals surface area contributed by atoms with Crippen molar-refractivity contribution in [3.63, 3.8) is 0 Å². The number of nitrogens with zero attached hydrogens (tertiary/aromatic N) is 3. The number of likely N-dealkylation sites (N-methyl/N-ethyl adjacent to an activating group) is 1. The summed E-state index contributed by atoms with van der Waals surface area (Å²) in [6, 6.07) is 7.62. The molecule has 1 aliphatic heterocycles. The molecule has 2 aromatic rings. The number of piperazine rings is 1. The molecule has 1 fully saturated rings. The zero-order valence-corrected chi connectivity index (χ0v) is 12.0. The largest absolute Gasteiger partial charge is 0.309 e. The Morgan fingerprint density at radius 3 is 2.65 bits per heavy atom. The molecule has 5 nitrogen and oxygen atoms in total. The van der Waals surface area contributed by atoms with Crippen LogP contribution < -0.4 is 5.56 Å². The molecule has 1 saturated heterocycles. The summed E-state index contributed by atoms with van der Waals surface area (Å²) in [5.41, 5.74) is 0.721. The molecule has 0 spiro atoms. The van der Waals surface area contributed by atoms with Crippen LogP contribution in [0.15, 0.2) is 29.1 Å². The molecule has 5 heteroatoms. The van der Waals surface area contributed by atoms with E-state index < -0.39 is 0 Å². The van der Waals surface area contributed by atoms with Crippen LogP contribution in [0.4, 0.5) is 0 Å². The number of hydrogen-bond donors (Lipinski definition) is 1. The predicted octanol–water partition coefficient (Wildman–Crippen LogP) is 1.23. The highest BCUT2D eigenvalue weighted by Gasteiger charge is 2.22. The van der Waals surface area contributed by atoms with E-state index >= 15 is 0 Å². The van der Waals surface area contributed by atoms with E-state index in [-0.39, 0.29) is 11.6 Å². The van der Waals surface area contributed by atoms with Crippen LogP contribution in [0.2, 0.25) is 0 Å². The van der Waals surface area contributed by atoms with E-state index in [1.54, 1.807) is 0 Å². The number of benzene rings is 1. The summed E-state index contributed by atoms with van der Waals surface area (Å²) in [5, 5.41) is 0.654. The first kappa shape index (κ1) is 13.3. The van der Waals surface area contributed by atoms with Gasteiger partial charge in [0.2, 0.25) is 0 Å². The van der Waals surface area contributed by atoms with Crippen molar-refractivity contribution in [3.05, 3.63) is 40.4 Å². The lowest BCUT2D eigenvalue weighted by molar-refractivity contribution is 0.115. The van der Waals surface area contributed by atoms with E-state index in [0.29, 0.717) is 5.39 Å². The summed E-state index contributed by atoms with van der Waals surface area (Å²) >= 11 is 0. The quantitative estimate of drug-likeness (QED) is 0.893. The number of para-hydroxylation sites is 1. The molecule has 0 aliphatic carbocycles. The summed E-state index contributed by atoms with van der Waals surface area (Å²) < 4.78 is 0. The van der Waals surface area contributed by atoms with Gasteiger partial charge in [-0.15, -0.1) is 0 Å². The smallest absolute Gasteiger partial charge is 0.258 e. The normalized spacial score (nSPS) is 19.3. The highest BCUT2D eigenvalue weighted by atomic mass is 16.1. The van der Waals surface area contributed by atoms with E-state index in [2.05, 4.69) is 33.7 Å². The van der Waals surface area contributed by atoms with Gasteiger partial charge in [0.1, 0.15) is 5.82 Å². The molecule has 1 aromatic carbocycles. The number of fused-ring (bicyclic) bond motifs is 1. The lowest BCUT2D eigenvalue weighted by atomic mass is 10.2. The minimum atomic E-state index is -0.0495. The molecule has 0 unspecified atom stereocenters. The first-order valence-corrected chi connectivity index (χ1v) is 7.07. The van der Waals surface area contributed by atoms with Crippen LogP contribution >= 0.6 is 0 Å². The molecule has 0 saturated carbocycles. The first-order chi connectivity index (χ1) is 9.65. The van der Waals surface area contributed by atoms with E-state index in [9.17, 15) is 4.79 Å². The third-order valence-corrected chi connectivity index (χ3v) is 4.11. The van der Waals surface area contributed by atoms with Gasteiger partial charge in [0, 0.05) is 26.2 Å². The summed E-state index contributed by atoms with van der Waals surface area (Å²) in [6.07, 6.45) is 0. The Hall–Kier alpha value is -1.72. The molecule has 2 heterocycles. The summed E-state index contributed by atoms with van der Waals surface area (Å²) in [4.78, 5) is 24.4. The summed E-state index contributed by atoms with van der Waals surface area (Å²) in [6.45, 7) is 6.24. The SMILES string of the molecule is C[C@H](c1nc2ccccc2c(=O)[nH]1)N1CCN(C)CC1. The molecule has 0 bridgehead atoms. The van der Waals surface area contributed by atoms with Gasteiger partial charge < -0.3 is 9.88 Å². The maximum Gasteiger partial charge on any atom is 0.258 e. The highest BCUT2D eigenvalue weighted by molar-refractivity contribution is 5.77. The van der Waals surface area contributed by atoms with Crippen molar-refractivity contribution in [2.75, 3.05) is 33.2 Å². The second-order valence-electron chi connectivity index (χ2n) is 5.48. The molecule has 1 N–H and O–H groups in total. The van der Waals surface area contributed by atoms with Gasteiger partial charge in [-0.05, 0) is 26.1 Å². The molecule has 0 radical (unpaired) electrons. The van der Waals surface area contributed by atoms with Crippen LogP contribution in [0.3, 0.4) is 0 Å². The van der Waals surface area contributed by atoms with E-state index in [1.165, 1.54) is 0 Å². The second-order valence-corrected chi connectivity index (χ2v) is 5.48. The molecule has 20 heavy (non-hydrogen) atoms. The number of aromatic nitrogens is 2. The monoisotopic (exact) mass is 272 g/mol. The summed E-state index contributed by atoms with van der Waals surface area (Å²) in [7, 11) is 2.14. The lowest BCUT2D eigenvalue weighted by Gasteiger charge is -2.35. The van der Waals surface area contributed by atoms with Crippen LogP contribution in [0.25, 0.3) is 10.9 Å². The molecular weight excluding hydrogens is 252 g/mol. The van der Waals surface area contributed by atoms with Gasteiger partial charge in [-0.2, -0.15) is 0 Å². The first-order valence-electron chi connectivity index (χ1n) is 7.07. The molecule has 1 atom stereocenters. The highest BCUT2D eigenvalue weighted by Crippen LogP contribution is 2.18. The Morgan fingerprint density at radius 2 is 1.90 bits per heavy atom. The average Bonchev–Trinajstić information content (AvgIpc) is 2.47. The van der Waals surface area contributed by atoms with E-state index in [0.717, 1.165) is 37.5 Å². The van der Waals surface area contributed by atoms with Crippen LogP contribution in [0.1, 0.15) is 18.8 Å². The number of rotatable bonds is 2. The van der Waals surface area contributed by atoms with Gasteiger partial charge in [-0.25, -0.2) is 4.98 Å². The van der Waals surface area contributed by atoms with Crippen LogP contribution in [0.5, 0.6) is 0 Å². The van der Waals surface area contributed by atoms with Crippen molar-refractivity contribution in [3.8, 4) is 0 Å². The van der Waals surface area contributed by atoms with Crippen molar-refractivity contribution < 1.29 is 0 Å². The minimum Gasteiger partial charge on any atom is -0.309 e. The molecule has 3 rings (SSSR count). The molecule has 0 amide bonds. The third-order valence-electron chi connectivity index (χ3n) is 4.11. The zero-order valence-electron chi connectivity index (χ0n) is 12.0. The van der Waals surface area contributed by atoms with E-state index in [4.69, 9.17) is 0 Å². The predicted molar refractivity (Wildman–Crippen MR) is 79.8 cm³/mol. The Balaban J connectivity index is 1.92. The number of hydrogen-bond acceptors (Lipinski definition) is 4. The van der Waals surface area contributed by atoms with Gasteiger partial charge in [-0.1, -0.05) is 12.1 Å². The van der Waals surface area contributed by atoms with Crippen LogP contribution in [0, 0.1) is 0 Å². The fourth-order valence-electron chi connectivity index (χ4n) is 2.68. The number of nitrogens with one attached hydrogen (secondary N) is 1. The number of H-pyrrole nitrogens is 1. The maximum absolute atomic E-state index is 12.1. The maximum atomic E-state index is 12.1. The second kappa shape index (κ2) is 5.34. The third kappa shape index (κ3) is 2.46. The standard InChI is InChI=1S/C15H20N4O/c1-11(19-9-7-18(2)8-10-19)14-16-13-6-4-3-5-12(13)15(20)17-14/h3-6,11H,7-10H2,1-2H3,(H,16,17,20)/t11-/m1/s1. The van der Waals surface area contributed by atoms with Gasteiger partial charge in [0.25, 0.3) is 5.56 Å². The topological polar surface area (TPSA) is 52.2 Å². The Bertz CT molecular complexity index is 658. The molecule has 1 aliphatic rings. The molecule has 1 aromatic heterocycles. The van der Waals surface area contributed by atoms with Crippen LogP contribution in [-0.2, 0) is 0 Å². The van der Waals surface area contributed by atoms with Crippen LogP contribution in [-0.4, -0.2) is 53.0 Å². The van der Waals surface area contributed by atoms with Crippen molar-refractivity contribution in [1.29, 1.82) is 0 Å². The van der Waals surface area contributed by atoms with Crippen molar-refractivity contribution in [2.45, 2.75) is 13.0 Å². The average molecular weight is 272 g/mol. The fourth-order valence-corrected chi connectivity index (χ4v) is 2.68. The van der Waals surface area contributed by atoms with Crippen molar-refractivity contribution >= 4 is 10.9 Å². The Labute approximate surface area is 118 Å². The number of aromatic amines is 1. The minimum absolute atomic E-state index is 0.0495.